The van der Waals surface area contributed by atoms with Crippen molar-refractivity contribution in [1.82, 2.24) is 4.90 Å². The van der Waals surface area contributed by atoms with E-state index < -0.39 is 18.1 Å². The van der Waals surface area contributed by atoms with Gasteiger partial charge in [-0.1, -0.05) is 0 Å². The lowest BCUT2D eigenvalue weighted by molar-refractivity contribution is -0.149. The maximum Gasteiger partial charge on any atom is 0.407 e. The molecular formula is C8H14N2O4. The number of ether oxygens (including phenoxy) is 1. The number of likely N-dealkylation sites (tertiary alicyclic amines) is 1. The highest BCUT2D eigenvalue weighted by molar-refractivity contribution is 5.75. The molecule has 6 heteroatoms. The van der Waals surface area contributed by atoms with Crippen LogP contribution in [0.3, 0.4) is 0 Å². The minimum atomic E-state index is -0.982. The average molecular weight is 202 g/mol. The maximum atomic E-state index is 11.1. The molecule has 0 unspecified atom stereocenters. The number of carbonyl (C=O) groups is 2. The molecule has 0 aromatic carbocycles. The summed E-state index contributed by atoms with van der Waals surface area (Å²) in [7, 11) is 0. The summed E-state index contributed by atoms with van der Waals surface area (Å²) in [6, 6.07) is -0.658. The highest BCUT2D eigenvalue weighted by Crippen LogP contribution is 2.12. The fourth-order valence-electron chi connectivity index (χ4n) is 1.27. The van der Waals surface area contributed by atoms with Crippen molar-refractivity contribution in [3.8, 4) is 0 Å². The summed E-state index contributed by atoms with van der Waals surface area (Å²) < 4.78 is 4.98. The first kappa shape index (κ1) is 10.8. The van der Waals surface area contributed by atoms with Gasteiger partial charge in [-0.15, -0.1) is 0 Å². The van der Waals surface area contributed by atoms with Gasteiger partial charge < -0.3 is 20.5 Å². The first-order valence-corrected chi connectivity index (χ1v) is 4.44. The highest BCUT2D eigenvalue weighted by atomic mass is 16.5. The molecule has 2 atom stereocenters. The number of carbonyl (C=O) groups excluding carboxylic acids is 1. The Bertz CT molecular complexity index is 241. The molecule has 0 aliphatic carbocycles. The monoisotopic (exact) mass is 202 g/mol. The molecule has 0 saturated carbocycles. The lowest BCUT2D eigenvalue weighted by atomic mass is 10.3. The predicted molar refractivity (Wildman–Crippen MR) is 47.7 cm³/mol. The van der Waals surface area contributed by atoms with Crippen LogP contribution in [0.1, 0.15) is 13.3 Å². The molecule has 1 rings (SSSR count). The molecule has 0 bridgehead atoms. The van der Waals surface area contributed by atoms with Gasteiger partial charge in [-0.05, 0) is 6.92 Å². The summed E-state index contributed by atoms with van der Waals surface area (Å²) in [5, 5.41) is 8.64. The molecule has 1 aliphatic heterocycles. The van der Waals surface area contributed by atoms with Crippen LogP contribution in [0.5, 0.6) is 0 Å². The van der Waals surface area contributed by atoms with Gasteiger partial charge in [0.25, 0.3) is 0 Å². The van der Waals surface area contributed by atoms with E-state index in [2.05, 4.69) is 0 Å². The van der Waals surface area contributed by atoms with Crippen molar-refractivity contribution in [2.75, 3.05) is 13.1 Å². The number of carboxylic acid groups (broad SMARTS) is 1. The van der Waals surface area contributed by atoms with Crippen LogP contribution in [0.15, 0.2) is 0 Å². The summed E-state index contributed by atoms with van der Waals surface area (Å²) >= 11 is 0. The molecule has 80 valence electrons. The van der Waals surface area contributed by atoms with E-state index in [0.717, 1.165) is 0 Å². The van der Waals surface area contributed by atoms with Gasteiger partial charge in [0.15, 0.2) is 0 Å². The Labute approximate surface area is 81.6 Å². The summed E-state index contributed by atoms with van der Waals surface area (Å²) in [6.45, 7) is 2.19. The zero-order valence-corrected chi connectivity index (χ0v) is 7.97. The molecule has 1 heterocycles. The van der Waals surface area contributed by atoms with Gasteiger partial charge in [0, 0.05) is 13.0 Å². The molecule has 0 spiro atoms. The van der Waals surface area contributed by atoms with Crippen molar-refractivity contribution < 1.29 is 19.4 Å². The van der Waals surface area contributed by atoms with Gasteiger partial charge >= 0.3 is 12.1 Å². The summed E-state index contributed by atoms with van der Waals surface area (Å²) in [5.74, 6) is -0.484. The Morgan fingerprint density at radius 2 is 2.29 bits per heavy atom. The van der Waals surface area contributed by atoms with Crippen molar-refractivity contribution >= 4 is 12.1 Å². The second kappa shape index (κ2) is 4.28. The molecule has 1 aliphatic rings. The van der Waals surface area contributed by atoms with Crippen molar-refractivity contribution in [3.63, 3.8) is 0 Å². The smallest absolute Gasteiger partial charge is 0.407 e. The molecule has 14 heavy (non-hydrogen) atoms. The second-order valence-corrected chi connectivity index (χ2v) is 3.36. The van der Waals surface area contributed by atoms with E-state index in [1.807, 2.05) is 0 Å². The fraction of sp³-hybridized carbons (Fsp3) is 0.750. The van der Waals surface area contributed by atoms with Gasteiger partial charge in [-0.25, -0.2) is 4.79 Å². The Balaban J connectivity index is 2.36. The summed E-state index contributed by atoms with van der Waals surface area (Å²) in [6.07, 6.45) is -0.779. The van der Waals surface area contributed by atoms with Gasteiger partial charge in [0.1, 0.15) is 12.1 Å². The molecule has 3 N–H and O–H groups in total. The van der Waals surface area contributed by atoms with E-state index in [4.69, 9.17) is 15.6 Å². The van der Waals surface area contributed by atoms with E-state index in [1.165, 1.54) is 11.8 Å². The minimum Gasteiger partial charge on any atom is -0.465 e. The Hall–Kier alpha value is -1.30. The molecular weight excluding hydrogens is 188 g/mol. The van der Waals surface area contributed by atoms with Crippen LogP contribution in [-0.2, 0) is 9.53 Å². The molecule has 6 nitrogen and oxygen atoms in total. The van der Waals surface area contributed by atoms with Crippen molar-refractivity contribution in [3.05, 3.63) is 0 Å². The maximum absolute atomic E-state index is 11.1. The number of hydrogen-bond acceptors (Lipinski definition) is 4. The SMILES string of the molecule is C[C@H](N)C(=O)O[C@H]1CCN(C(=O)O)C1. The number of nitrogens with zero attached hydrogens (tertiary/aromatic N) is 1. The van der Waals surface area contributed by atoms with E-state index in [0.29, 0.717) is 13.0 Å². The van der Waals surface area contributed by atoms with Gasteiger partial charge in [-0.2, -0.15) is 0 Å². The normalized spacial score (nSPS) is 23.3. The third-order valence-electron chi connectivity index (χ3n) is 2.07. The van der Waals surface area contributed by atoms with Gasteiger partial charge in [0.2, 0.25) is 0 Å². The van der Waals surface area contributed by atoms with E-state index in [1.54, 1.807) is 0 Å². The predicted octanol–water partition coefficient (Wildman–Crippen LogP) is -0.371. The van der Waals surface area contributed by atoms with Gasteiger partial charge in [-0.3, -0.25) is 4.79 Å². The van der Waals surface area contributed by atoms with E-state index >= 15 is 0 Å². The summed E-state index contributed by atoms with van der Waals surface area (Å²) in [4.78, 5) is 22.8. The third-order valence-corrected chi connectivity index (χ3v) is 2.07. The standard InChI is InChI=1S/C8H14N2O4/c1-5(9)7(11)14-6-2-3-10(4-6)8(12)13/h5-6H,2-4,9H2,1H3,(H,12,13)/t5-,6-/m0/s1. The van der Waals surface area contributed by atoms with Crippen LogP contribution >= 0.6 is 0 Å². The lowest BCUT2D eigenvalue weighted by Gasteiger charge is -2.14. The van der Waals surface area contributed by atoms with Crippen molar-refractivity contribution in [2.45, 2.75) is 25.5 Å². The number of nitrogens with two attached hydrogens (primary N) is 1. The van der Waals surface area contributed by atoms with Crippen LogP contribution in [0.4, 0.5) is 4.79 Å². The van der Waals surface area contributed by atoms with Crippen LogP contribution in [-0.4, -0.2) is 47.3 Å². The zero-order valence-electron chi connectivity index (χ0n) is 7.97. The Morgan fingerprint density at radius 3 is 2.71 bits per heavy atom. The third kappa shape index (κ3) is 2.59. The molecule has 1 amide bonds. The van der Waals surface area contributed by atoms with Crippen LogP contribution < -0.4 is 5.73 Å². The number of rotatable bonds is 2. The number of hydrogen-bond donors (Lipinski definition) is 2. The molecule has 0 radical (unpaired) electrons. The second-order valence-electron chi connectivity index (χ2n) is 3.36. The fourth-order valence-corrected chi connectivity index (χ4v) is 1.27. The Kier molecular flexibility index (Phi) is 3.29. The average Bonchev–Trinajstić information content (AvgIpc) is 2.52. The molecule has 0 aromatic heterocycles. The first-order valence-electron chi connectivity index (χ1n) is 4.44. The Morgan fingerprint density at radius 1 is 1.64 bits per heavy atom. The van der Waals surface area contributed by atoms with E-state index in [-0.39, 0.29) is 12.6 Å². The lowest BCUT2D eigenvalue weighted by Crippen LogP contribution is -2.34. The molecule has 1 fully saturated rings. The topological polar surface area (TPSA) is 92.9 Å². The van der Waals surface area contributed by atoms with E-state index in [9.17, 15) is 9.59 Å². The molecule has 1 saturated heterocycles. The van der Waals surface area contributed by atoms with Crippen LogP contribution in [0, 0.1) is 0 Å². The van der Waals surface area contributed by atoms with Crippen molar-refractivity contribution in [2.24, 2.45) is 5.73 Å². The van der Waals surface area contributed by atoms with Crippen molar-refractivity contribution in [1.29, 1.82) is 0 Å². The minimum absolute atomic E-state index is 0.244. The van der Waals surface area contributed by atoms with Gasteiger partial charge in [0.05, 0.1) is 6.54 Å². The largest absolute Gasteiger partial charge is 0.465 e. The number of amides is 1. The highest BCUT2D eigenvalue weighted by Gasteiger charge is 2.29. The quantitative estimate of drug-likeness (QED) is 0.596. The van der Waals surface area contributed by atoms with Crippen LogP contribution in [0.25, 0.3) is 0 Å². The molecule has 0 aromatic rings. The summed E-state index contributed by atoms with van der Waals surface area (Å²) in [5.41, 5.74) is 5.30. The zero-order chi connectivity index (χ0) is 10.7. The number of esters is 1. The van der Waals surface area contributed by atoms with Crippen LogP contribution in [0.2, 0.25) is 0 Å². The first-order chi connectivity index (χ1) is 6.50.